The minimum Gasteiger partial charge on any atom is -0.480 e. The Morgan fingerprint density at radius 3 is 1.98 bits per heavy atom. The van der Waals surface area contributed by atoms with Gasteiger partial charge in [-0.1, -0.05) is 61.3 Å². The van der Waals surface area contributed by atoms with Crippen LogP contribution >= 0.6 is 0 Å². The van der Waals surface area contributed by atoms with Crippen LogP contribution in [0.1, 0.15) is 87.5 Å². The minimum absolute atomic E-state index is 0.0153. The molecular weight excluding hydrogens is 530 g/mol. The highest BCUT2D eigenvalue weighted by molar-refractivity contribution is 6.37. The lowest BCUT2D eigenvalue weighted by Crippen LogP contribution is -2.63. The number of amides is 5. The van der Waals surface area contributed by atoms with Gasteiger partial charge in [-0.2, -0.15) is 0 Å². The predicted molar refractivity (Wildman–Crippen MR) is 152 cm³/mol. The fourth-order valence-corrected chi connectivity index (χ4v) is 5.69. The highest BCUT2D eigenvalue weighted by Gasteiger charge is 2.48. The van der Waals surface area contributed by atoms with E-state index in [4.69, 9.17) is 5.73 Å². The molecule has 232 valence electrons. The van der Waals surface area contributed by atoms with Gasteiger partial charge in [0.1, 0.15) is 17.6 Å². The molecule has 12 heteroatoms. The number of carboxylic acids is 1. The summed E-state index contributed by atoms with van der Waals surface area (Å²) in [6.45, 7) is 14.6. The SMILES string of the molecule is CC(C)CC(C)(NC(=O)N[C@H](C(=O)N1CC[C@H](C(C)C)[C@H]1C(=O)NC(CC1CC1)C(=O)C(N)=O)C(C)(C)C)C(=O)O. The van der Waals surface area contributed by atoms with Gasteiger partial charge >= 0.3 is 12.0 Å². The van der Waals surface area contributed by atoms with Crippen LogP contribution in [0.15, 0.2) is 0 Å². The number of likely N-dealkylation sites (tertiary alicyclic amines) is 1. The molecule has 5 atom stereocenters. The number of hydrogen-bond donors (Lipinski definition) is 5. The van der Waals surface area contributed by atoms with Gasteiger partial charge in [-0.25, -0.2) is 9.59 Å². The van der Waals surface area contributed by atoms with E-state index in [0.29, 0.717) is 12.8 Å². The maximum absolute atomic E-state index is 14.0. The summed E-state index contributed by atoms with van der Waals surface area (Å²) in [5, 5.41) is 17.7. The van der Waals surface area contributed by atoms with Crippen molar-refractivity contribution in [2.45, 2.75) is 111 Å². The number of primary amides is 1. The van der Waals surface area contributed by atoms with Crippen molar-refractivity contribution in [1.29, 1.82) is 0 Å². The highest BCUT2D eigenvalue weighted by Crippen LogP contribution is 2.35. The van der Waals surface area contributed by atoms with Crippen molar-refractivity contribution in [2.24, 2.45) is 34.8 Å². The fourth-order valence-electron chi connectivity index (χ4n) is 5.69. The van der Waals surface area contributed by atoms with E-state index in [9.17, 15) is 33.9 Å². The molecule has 0 aromatic carbocycles. The molecule has 6 N–H and O–H groups in total. The molecule has 2 fully saturated rings. The van der Waals surface area contributed by atoms with Crippen LogP contribution in [0.25, 0.3) is 0 Å². The number of urea groups is 1. The van der Waals surface area contributed by atoms with E-state index >= 15 is 0 Å². The lowest BCUT2D eigenvalue weighted by Gasteiger charge is -2.37. The number of nitrogens with one attached hydrogen (secondary N) is 3. The summed E-state index contributed by atoms with van der Waals surface area (Å²) in [4.78, 5) is 78.4. The molecule has 0 radical (unpaired) electrons. The smallest absolute Gasteiger partial charge is 0.329 e. The second-order valence-corrected chi connectivity index (χ2v) is 13.8. The van der Waals surface area contributed by atoms with Gasteiger partial charge in [-0.3, -0.25) is 19.2 Å². The van der Waals surface area contributed by atoms with Gasteiger partial charge in [0, 0.05) is 6.54 Å². The topological polar surface area (TPSA) is 188 Å². The van der Waals surface area contributed by atoms with Crippen molar-refractivity contribution in [3.05, 3.63) is 0 Å². The number of rotatable bonds is 13. The molecule has 2 rings (SSSR count). The van der Waals surface area contributed by atoms with Crippen LogP contribution < -0.4 is 21.7 Å². The zero-order valence-corrected chi connectivity index (χ0v) is 25.7. The average molecular weight is 580 g/mol. The fraction of sp³-hybridized carbons (Fsp3) is 0.793. The first-order valence-corrected chi connectivity index (χ1v) is 14.5. The van der Waals surface area contributed by atoms with E-state index in [0.717, 1.165) is 12.8 Å². The summed E-state index contributed by atoms with van der Waals surface area (Å²) >= 11 is 0. The number of hydrogen-bond acceptors (Lipinski definition) is 6. The van der Waals surface area contributed by atoms with Crippen LogP contribution in [0.4, 0.5) is 4.79 Å². The average Bonchev–Trinajstić information content (AvgIpc) is 3.52. The number of Topliss-reactive ketones (excluding diaryl/α,β-unsaturated/α-hetero) is 1. The summed E-state index contributed by atoms with van der Waals surface area (Å²) in [7, 11) is 0. The first-order valence-electron chi connectivity index (χ1n) is 14.5. The molecule has 0 bridgehead atoms. The Kier molecular flexibility index (Phi) is 11.0. The van der Waals surface area contributed by atoms with Crippen LogP contribution in [0.5, 0.6) is 0 Å². The molecule has 1 saturated heterocycles. The van der Waals surface area contributed by atoms with Crippen LogP contribution in [0, 0.1) is 29.1 Å². The molecule has 5 amide bonds. The largest absolute Gasteiger partial charge is 0.480 e. The molecule has 1 aliphatic heterocycles. The Morgan fingerprint density at radius 1 is 0.951 bits per heavy atom. The van der Waals surface area contributed by atoms with Crippen molar-refractivity contribution < 1.29 is 33.9 Å². The molecule has 1 aliphatic carbocycles. The predicted octanol–water partition coefficient (Wildman–Crippen LogP) is 1.80. The van der Waals surface area contributed by atoms with E-state index in [1.807, 2.05) is 27.7 Å². The summed E-state index contributed by atoms with van der Waals surface area (Å²) in [5.41, 5.74) is 2.91. The van der Waals surface area contributed by atoms with Crippen LogP contribution in [-0.2, 0) is 24.0 Å². The van der Waals surface area contributed by atoms with Gasteiger partial charge in [0.15, 0.2) is 0 Å². The number of nitrogens with two attached hydrogens (primary N) is 1. The van der Waals surface area contributed by atoms with Crippen molar-refractivity contribution in [3.8, 4) is 0 Å². The third kappa shape index (κ3) is 8.90. The molecule has 0 spiro atoms. The normalized spacial score (nSPS) is 22.0. The number of ketones is 1. The number of aliphatic carboxylic acids is 1. The van der Waals surface area contributed by atoms with Crippen molar-refractivity contribution in [2.75, 3.05) is 6.54 Å². The van der Waals surface area contributed by atoms with Gasteiger partial charge in [0.2, 0.25) is 17.6 Å². The monoisotopic (exact) mass is 579 g/mol. The molecule has 1 saturated carbocycles. The number of nitrogens with zero attached hydrogens (tertiary/aromatic N) is 1. The van der Waals surface area contributed by atoms with E-state index in [1.165, 1.54) is 11.8 Å². The van der Waals surface area contributed by atoms with Gasteiger partial charge < -0.3 is 31.7 Å². The molecule has 2 unspecified atom stereocenters. The van der Waals surface area contributed by atoms with E-state index in [1.54, 1.807) is 20.8 Å². The zero-order chi connectivity index (χ0) is 31.4. The van der Waals surface area contributed by atoms with Gasteiger partial charge in [0.05, 0.1) is 6.04 Å². The van der Waals surface area contributed by atoms with E-state index < -0.39 is 64.6 Å². The summed E-state index contributed by atoms with van der Waals surface area (Å²) in [5.74, 6) is -4.19. The Hall–Kier alpha value is -3.18. The molecule has 1 heterocycles. The minimum atomic E-state index is -1.55. The molecular formula is C29H49N5O7. The van der Waals surface area contributed by atoms with Crippen LogP contribution in [-0.4, -0.2) is 75.7 Å². The first kappa shape index (κ1) is 34.0. The quantitative estimate of drug-likeness (QED) is 0.206. The molecule has 2 aliphatic rings. The number of carbonyl (C=O) groups is 6. The third-order valence-corrected chi connectivity index (χ3v) is 8.06. The second-order valence-electron chi connectivity index (χ2n) is 13.8. The molecule has 12 nitrogen and oxygen atoms in total. The summed E-state index contributed by atoms with van der Waals surface area (Å²) < 4.78 is 0. The summed E-state index contributed by atoms with van der Waals surface area (Å²) in [6.07, 6.45) is 2.83. The lowest BCUT2D eigenvalue weighted by atomic mass is 9.84. The Bertz CT molecular complexity index is 1030. The Labute approximate surface area is 242 Å². The standard InChI is InChI=1S/C29H49N5O7/c1-15(2)14-29(8,26(39)40)33-27(41)32-22(28(5,6)7)25(38)34-12-11-18(16(3)4)20(34)24(37)31-19(13-17-9-10-17)21(35)23(30)36/h15-20,22H,9-14H2,1-8H3,(H2,30,36)(H,31,37)(H,39,40)(H2,32,33,41)/t18-,19?,20+,22-,29?/m1/s1. The number of carbonyl (C=O) groups excluding carboxylic acids is 5. The van der Waals surface area contributed by atoms with Crippen molar-refractivity contribution in [1.82, 2.24) is 20.9 Å². The van der Waals surface area contributed by atoms with Gasteiger partial charge in [-0.15, -0.1) is 0 Å². The van der Waals surface area contributed by atoms with E-state index in [-0.39, 0.29) is 36.6 Å². The van der Waals surface area contributed by atoms with Crippen LogP contribution in [0.3, 0.4) is 0 Å². The molecule has 41 heavy (non-hydrogen) atoms. The van der Waals surface area contributed by atoms with Gasteiger partial charge in [-0.05, 0) is 55.3 Å². The Morgan fingerprint density at radius 2 is 1.54 bits per heavy atom. The van der Waals surface area contributed by atoms with Crippen LogP contribution in [0.2, 0.25) is 0 Å². The van der Waals surface area contributed by atoms with E-state index in [2.05, 4.69) is 16.0 Å². The third-order valence-electron chi connectivity index (χ3n) is 8.06. The number of carboxylic acid groups (broad SMARTS) is 1. The summed E-state index contributed by atoms with van der Waals surface area (Å²) in [6, 6.07) is -3.88. The molecule has 0 aromatic heterocycles. The second kappa shape index (κ2) is 13.2. The highest BCUT2D eigenvalue weighted by atomic mass is 16.4. The molecule has 0 aromatic rings. The maximum atomic E-state index is 14.0. The Balaban J connectivity index is 2.33. The zero-order valence-electron chi connectivity index (χ0n) is 25.7. The van der Waals surface area contributed by atoms with Crippen molar-refractivity contribution in [3.63, 3.8) is 0 Å². The van der Waals surface area contributed by atoms with Crippen molar-refractivity contribution >= 4 is 35.5 Å². The first-order chi connectivity index (χ1) is 18.8. The van der Waals surface area contributed by atoms with Gasteiger partial charge in [0.25, 0.3) is 5.91 Å². The maximum Gasteiger partial charge on any atom is 0.329 e. The lowest BCUT2D eigenvalue weighted by molar-refractivity contribution is -0.144.